The normalized spacial score (nSPS) is 14.3. The van der Waals surface area contributed by atoms with Crippen LogP contribution in [0.3, 0.4) is 0 Å². The second kappa shape index (κ2) is 37.4. The van der Waals surface area contributed by atoms with Gasteiger partial charge in [0.1, 0.15) is 0 Å². The van der Waals surface area contributed by atoms with Crippen molar-refractivity contribution in [2.45, 2.75) is 194 Å². The zero-order chi connectivity index (χ0) is 35.1. The smallest absolute Gasteiger partial charge is 0.409 e. The van der Waals surface area contributed by atoms with E-state index in [1.165, 1.54) is 161 Å². The Hall–Kier alpha value is -1.81. The van der Waals surface area contributed by atoms with E-state index in [4.69, 9.17) is 4.74 Å². The molecule has 0 N–H and O–H groups in total. The van der Waals surface area contributed by atoms with Gasteiger partial charge in [0, 0.05) is 19.6 Å². The Balaban J connectivity index is 2.18. The minimum atomic E-state index is -0.0798. The number of likely N-dealkylation sites (tertiary alicyclic amines) is 1. The number of hydrogen-bond acceptors (Lipinski definition) is 3. The molecule has 1 aliphatic heterocycles. The van der Waals surface area contributed by atoms with Crippen molar-refractivity contribution < 1.29 is 9.53 Å². The number of carbonyl (C=O) groups excluding carboxylic acids is 1. The highest BCUT2D eigenvalue weighted by Crippen LogP contribution is 2.13. The number of piperidine rings is 1. The summed E-state index contributed by atoms with van der Waals surface area (Å²) in [6, 6.07) is 0. The summed E-state index contributed by atoms with van der Waals surface area (Å²) in [4.78, 5) is 17.6. The first-order valence-electron chi connectivity index (χ1n) is 21.5. The van der Waals surface area contributed by atoms with E-state index in [9.17, 15) is 4.79 Å². The summed E-state index contributed by atoms with van der Waals surface area (Å²) in [6.45, 7) is 10.3. The molecule has 0 aromatic carbocycles. The summed E-state index contributed by atoms with van der Waals surface area (Å²) in [5.41, 5.74) is 0. The van der Waals surface area contributed by atoms with Gasteiger partial charge in [0.2, 0.25) is 0 Å². The van der Waals surface area contributed by atoms with Gasteiger partial charge >= 0.3 is 6.09 Å². The van der Waals surface area contributed by atoms with Gasteiger partial charge in [0.15, 0.2) is 0 Å². The van der Waals surface area contributed by atoms with E-state index in [1.54, 1.807) is 0 Å². The summed E-state index contributed by atoms with van der Waals surface area (Å²) in [5, 5.41) is 0. The molecule has 0 unspecified atom stereocenters. The Morgan fingerprint density at radius 1 is 0.510 bits per heavy atom. The van der Waals surface area contributed by atoms with E-state index < -0.39 is 0 Å². The summed E-state index contributed by atoms with van der Waals surface area (Å²) in [6.07, 6.45) is 53.5. The molecule has 4 heteroatoms. The van der Waals surface area contributed by atoms with Gasteiger partial charge in [-0.3, -0.25) is 0 Å². The third-order valence-corrected chi connectivity index (χ3v) is 9.81. The number of ether oxygens (including phenoxy) is 1. The van der Waals surface area contributed by atoms with Crippen LogP contribution in [0.15, 0.2) is 48.6 Å². The third-order valence-electron chi connectivity index (χ3n) is 9.81. The fourth-order valence-corrected chi connectivity index (χ4v) is 6.60. The minimum absolute atomic E-state index is 0.0798. The number of hydrogen-bond donors (Lipinski definition) is 0. The number of unbranched alkanes of at least 4 members (excludes halogenated alkanes) is 18. The van der Waals surface area contributed by atoms with E-state index in [2.05, 4.69) is 67.4 Å². The van der Waals surface area contributed by atoms with Gasteiger partial charge in [-0.25, -0.2) is 4.79 Å². The Kier molecular flexibility index (Phi) is 34.6. The van der Waals surface area contributed by atoms with Crippen molar-refractivity contribution in [3.05, 3.63) is 48.6 Å². The number of allylic oxidation sites excluding steroid dienone is 8. The molecule has 1 rings (SSSR count). The van der Waals surface area contributed by atoms with Crippen LogP contribution in [0.4, 0.5) is 4.79 Å². The largest absolute Gasteiger partial charge is 0.449 e. The molecular weight excluding hydrogens is 601 g/mol. The molecule has 0 spiro atoms. The minimum Gasteiger partial charge on any atom is -0.449 e. The van der Waals surface area contributed by atoms with E-state index in [1.807, 2.05) is 4.90 Å². The van der Waals surface area contributed by atoms with E-state index in [-0.39, 0.29) is 6.09 Å². The SMILES string of the molecule is CCCCCC=CCC=CCCCCCCCCN(CCCCCCCCC=CCC=CCCCCC)C(=O)OCCCN1CCCCC1. The molecule has 0 aromatic rings. The van der Waals surface area contributed by atoms with E-state index in [0.717, 1.165) is 51.7 Å². The van der Waals surface area contributed by atoms with Crippen molar-refractivity contribution in [3.63, 3.8) is 0 Å². The molecule has 0 aromatic heterocycles. The maximum atomic E-state index is 13.0. The maximum Gasteiger partial charge on any atom is 0.409 e. The van der Waals surface area contributed by atoms with Crippen molar-refractivity contribution in [2.75, 3.05) is 39.3 Å². The molecule has 1 fully saturated rings. The van der Waals surface area contributed by atoms with Crippen LogP contribution in [0.5, 0.6) is 0 Å². The van der Waals surface area contributed by atoms with Gasteiger partial charge < -0.3 is 14.5 Å². The fraction of sp³-hybridized carbons (Fsp3) is 0.800. The Morgan fingerprint density at radius 2 is 0.918 bits per heavy atom. The topological polar surface area (TPSA) is 32.8 Å². The van der Waals surface area contributed by atoms with Crippen molar-refractivity contribution in [2.24, 2.45) is 0 Å². The van der Waals surface area contributed by atoms with Gasteiger partial charge in [0.05, 0.1) is 6.61 Å². The van der Waals surface area contributed by atoms with Crippen LogP contribution in [0.2, 0.25) is 0 Å². The molecule has 4 nitrogen and oxygen atoms in total. The first-order chi connectivity index (χ1) is 24.3. The van der Waals surface area contributed by atoms with Crippen LogP contribution in [0, 0.1) is 0 Å². The molecule has 49 heavy (non-hydrogen) atoms. The molecule has 1 heterocycles. The zero-order valence-electron chi connectivity index (χ0n) is 32.9. The number of rotatable bonds is 34. The van der Waals surface area contributed by atoms with Crippen LogP contribution in [0.25, 0.3) is 0 Å². The Bertz CT molecular complexity index is 763. The highest BCUT2D eigenvalue weighted by atomic mass is 16.6. The number of carbonyl (C=O) groups is 1. The van der Waals surface area contributed by atoms with Crippen LogP contribution in [0.1, 0.15) is 194 Å². The quantitative estimate of drug-likeness (QED) is 0.0500. The molecule has 284 valence electrons. The molecule has 0 atom stereocenters. The highest BCUT2D eigenvalue weighted by Gasteiger charge is 2.15. The molecule has 1 aliphatic rings. The first kappa shape index (κ1) is 45.2. The van der Waals surface area contributed by atoms with E-state index in [0.29, 0.717) is 6.61 Å². The first-order valence-corrected chi connectivity index (χ1v) is 21.5. The monoisotopic (exact) mass is 683 g/mol. The lowest BCUT2D eigenvalue weighted by molar-refractivity contribution is 0.0948. The second-order valence-electron chi connectivity index (χ2n) is 14.5. The van der Waals surface area contributed by atoms with Gasteiger partial charge in [0.25, 0.3) is 0 Å². The Morgan fingerprint density at radius 3 is 1.37 bits per heavy atom. The lowest BCUT2D eigenvalue weighted by atomic mass is 10.1. The number of amides is 1. The van der Waals surface area contributed by atoms with Gasteiger partial charge in [-0.2, -0.15) is 0 Å². The van der Waals surface area contributed by atoms with Crippen molar-refractivity contribution in [3.8, 4) is 0 Å². The standard InChI is InChI=1S/C45H82N2O2/c1-3-5-7-9-11-13-15-17-19-21-23-25-27-29-31-36-42-47(45(48)49-44-38-41-46-39-34-33-35-40-46)43-37-32-30-28-26-24-22-20-18-16-14-12-10-8-6-4-2/h11-14,17-20H,3-10,15-16,21-44H2,1-2H3. The van der Waals surface area contributed by atoms with Crippen LogP contribution < -0.4 is 0 Å². The summed E-state index contributed by atoms with van der Waals surface area (Å²) in [7, 11) is 0. The van der Waals surface area contributed by atoms with Crippen molar-refractivity contribution in [1.82, 2.24) is 9.80 Å². The van der Waals surface area contributed by atoms with E-state index >= 15 is 0 Å². The van der Waals surface area contributed by atoms with Crippen LogP contribution >= 0.6 is 0 Å². The number of nitrogens with zero attached hydrogens (tertiary/aromatic N) is 2. The average Bonchev–Trinajstić information content (AvgIpc) is 3.12. The predicted molar refractivity (Wildman–Crippen MR) is 217 cm³/mol. The summed E-state index contributed by atoms with van der Waals surface area (Å²) >= 11 is 0. The van der Waals surface area contributed by atoms with Crippen molar-refractivity contribution in [1.29, 1.82) is 0 Å². The Labute approximate surface area is 306 Å². The predicted octanol–water partition coefficient (Wildman–Crippen LogP) is 13.9. The zero-order valence-corrected chi connectivity index (χ0v) is 32.9. The fourth-order valence-electron chi connectivity index (χ4n) is 6.60. The second-order valence-corrected chi connectivity index (χ2v) is 14.5. The summed E-state index contributed by atoms with van der Waals surface area (Å²) < 4.78 is 5.79. The maximum absolute atomic E-state index is 13.0. The van der Waals surface area contributed by atoms with Gasteiger partial charge in [-0.15, -0.1) is 0 Å². The lowest BCUT2D eigenvalue weighted by Gasteiger charge is -2.26. The summed E-state index contributed by atoms with van der Waals surface area (Å²) in [5.74, 6) is 0. The molecule has 0 bridgehead atoms. The molecule has 0 radical (unpaired) electrons. The molecule has 1 amide bonds. The molecule has 0 saturated carbocycles. The lowest BCUT2D eigenvalue weighted by Crippen LogP contribution is -2.35. The third kappa shape index (κ3) is 31.9. The average molecular weight is 683 g/mol. The molecule has 1 saturated heterocycles. The molecule has 0 aliphatic carbocycles. The van der Waals surface area contributed by atoms with Gasteiger partial charge in [-0.1, -0.05) is 146 Å². The van der Waals surface area contributed by atoms with Gasteiger partial charge in [-0.05, 0) is 109 Å². The van der Waals surface area contributed by atoms with Crippen LogP contribution in [-0.2, 0) is 4.74 Å². The highest BCUT2D eigenvalue weighted by molar-refractivity contribution is 5.67. The molecular formula is C45H82N2O2. The van der Waals surface area contributed by atoms with Crippen molar-refractivity contribution >= 4 is 6.09 Å². The van der Waals surface area contributed by atoms with Crippen LogP contribution in [-0.4, -0.2) is 55.2 Å².